The minimum atomic E-state index is -0.892. The van der Waals surface area contributed by atoms with Crippen molar-refractivity contribution in [2.45, 2.75) is 26.1 Å². The lowest BCUT2D eigenvalue weighted by Gasteiger charge is -2.27. The maximum absolute atomic E-state index is 11.6. The first kappa shape index (κ1) is 18.7. The van der Waals surface area contributed by atoms with Gasteiger partial charge in [0, 0.05) is 13.8 Å². The fourth-order valence-corrected chi connectivity index (χ4v) is 2.46. The molecule has 0 aliphatic rings. The molecule has 0 saturated heterocycles. The van der Waals surface area contributed by atoms with Crippen LogP contribution in [0.4, 0.5) is 0 Å². The van der Waals surface area contributed by atoms with E-state index in [4.69, 9.17) is 20.0 Å². The standard InChI is InChI=1S/C20H16N2O4/c1-13(23)25-19(17-7-3-15(11-21)4-8-17)20(26-14(2)24)18-9-5-16(12-22)6-10-18/h3-10,19-20H,1-2H3. The van der Waals surface area contributed by atoms with E-state index in [0.717, 1.165) is 0 Å². The second-order valence-electron chi connectivity index (χ2n) is 5.53. The molecule has 0 aliphatic carbocycles. The first-order valence-electron chi connectivity index (χ1n) is 7.79. The second kappa shape index (κ2) is 8.46. The average molecular weight is 348 g/mol. The molecular formula is C20H16N2O4. The first-order chi connectivity index (χ1) is 12.4. The summed E-state index contributed by atoms with van der Waals surface area (Å²) in [6, 6.07) is 17.0. The summed E-state index contributed by atoms with van der Waals surface area (Å²) in [5, 5.41) is 17.9. The van der Waals surface area contributed by atoms with Crippen LogP contribution in [0.3, 0.4) is 0 Å². The molecule has 0 spiro atoms. The maximum Gasteiger partial charge on any atom is 0.303 e. The zero-order valence-electron chi connectivity index (χ0n) is 14.3. The number of nitrogens with zero attached hydrogens (tertiary/aromatic N) is 2. The number of benzene rings is 2. The van der Waals surface area contributed by atoms with Gasteiger partial charge in [0.05, 0.1) is 23.3 Å². The summed E-state index contributed by atoms with van der Waals surface area (Å²) in [6.07, 6.45) is -1.78. The van der Waals surface area contributed by atoms with E-state index in [9.17, 15) is 9.59 Å². The number of carbonyl (C=O) groups is 2. The Balaban J connectivity index is 2.49. The van der Waals surface area contributed by atoms with E-state index >= 15 is 0 Å². The molecule has 0 N–H and O–H groups in total. The number of carbonyl (C=O) groups excluding carboxylic acids is 2. The summed E-state index contributed by atoms with van der Waals surface area (Å²) < 4.78 is 10.8. The Morgan fingerprint density at radius 1 is 0.731 bits per heavy atom. The molecule has 2 aromatic carbocycles. The molecule has 2 rings (SSSR count). The highest BCUT2D eigenvalue weighted by molar-refractivity contribution is 5.68. The lowest BCUT2D eigenvalue weighted by atomic mass is 9.96. The van der Waals surface area contributed by atoms with Gasteiger partial charge in [0.2, 0.25) is 0 Å². The second-order valence-corrected chi connectivity index (χ2v) is 5.53. The van der Waals surface area contributed by atoms with Crippen LogP contribution in [0.5, 0.6) is 0 Å². The van der Waals surface area contributed by atoms with Crippen molar-refractivity contribution in [3.05, 3.63) is 70.8 Å². The SMILES string of the molecule is CC(=O)OC(c1ccc(C#N)cc1)C(OC(C)=O)c1ccc(C#N)cc1. The van der Waals surface area contributed by atoms with E-state index in [1.165, 1.54) is 13.8 Å². The van der Waals surface area contributed by atoms with E-state index < -0.39 is 24.1 Å². The fraction of sp³-hybridized carbons (Fsp3) is 0.200. The number of esters is 2. The molecule has 0 aliphatic heterocycles. The molecule has 2 unspecified atom stereocenters. The van der Waals surface area contributed by atoms with Gasteiger partial charge < -0.3 is 9.47 Å². The fourth-order valence-electron chi connectivity index (χ4n) is 2.46. The van der Waals surface area contributed by atoms with Crippen LogP contribution in [0.1, 0.15) is 48.3 Å². The molecule has 6 nitrogen and oxygen atoms in total. The third-order valence-corrected chi connectivity index (χ3v) is 3.60. The van der Waals surface area contributed by atoms with Crippen molar-refractivity contribution in [3.8, 4) is 12.1 Å². The van der Waals surface area contributed by atoms with Gasteiger partial charge in [-0.3, -0.25) is 9.59 Å². The number of hydrogen-bond acceptors (Lipinski definition) is 6. The summed E-state index contributed by atoms with van der Waals surface area (Å²) in [5.41, 5.74) is 2.07. The van der Waals surface area contributed by atoms with Crippen LogP contribution in [0.25, 0.3) is 0 Å². The van der Waals surface area contributed by atoms with Gasteiger partial charge in [0.1, 0.15) is 0 Å². The Morgan fingerprint density at radius 3 is 1.27 bits per heavy atom. The molecule has 0 radical (unpaired) electrons. The van der Waals surface area contributed by atoms with Gasteiger partial charge in [-0.25, -0.2) is 0 Å². The van der Waals surface area contributed by atoms with Crippen LogP contribution in [0.15, 0.2) is 48.5 Å². The molecule has 0 heterocycles. The molecule has 2 aromatic rings. The Morgan fingerprint density at radius 2 is 1.04 bits per heavy atom. The molecule has 0 bridgehead atoms. The zero-order chi connectivity index (χ0) is 19.1. The van der Waals surface area contributed by atoms with Crippen LogP contribution in [-0.2, 0) is 19.1 Å². The highest BCUT2D eigenvalue weighted by Gasteiger charge is 2.30. The summed E-state index contributed by atoms with van der Waals surface area (Å²) >= 11 is 0. The third-order valence-electron chi connectivity index (χ3n) is 3.60. The topological polar surface area (TPSA) is 100 Å². The first-order valence-corrected chi connectivity index (χ1v) is 7.79. The Kier molecular flexibility index (Phi) is 6.08. The van der Waals surface area contributed by atoms with Gasteiger partial charge in [-0.15, -0.1) is 0 Å². The van der Waals surface area contributed by atoms with Crippen molar-refractivity contribution in [2.24, 2.45) is 0 Å². The molecular weight excluding hydrogens is 332 g/mol. The number of rotatable bonds is 5. The molecule has 2 atom stereocenters. The van der Waals surface area contributed by atoms with E-state index in [-0.39, 0.29) is 0 Å². The monoisotopic (exact) mass is 348 g/mol. The highest BCUT2D eigenvalue weighted by Crippen LogP contribution is 2.35. The maximum atomic E-state index is 11.6. The van der Waals surface area contributed by atoms with Gasteiger partial charge >= 0.3 is 11.9 Å². The van der Waals surface area contributed by atoms with E-state index in [1.54, 1.807) is 48.5 Å². The average Bonchev–Trinajstić information content (AvgIpc) is 2.64. The molecule has 0 saturated carbocycles. The Bertz CT molecular complexity index is 799. The van der Waals surface area contributed by atoms with Crippen LogP contribution in [0, 0.1) is 22.7 Å². The van der Waals surface area contributed by atoms with Crippen molar-refractivity contribution >= 4 is 11.9 Å². The predicted octanol–water partition coefficient (Wildman–Crippen LogP) is 3.34. The Hall–Kier alpha value is -3.64. The van der Waals surface area contributed by atoms with Crippen LogP contribution < -0.4 is 0 Å². The molecule has 26 heavy (non-hydrogen) atoms. The van der Waals surface area contributed by atoms with Crippen molar-refractivity contribution < 1.29 is 19.1 Å². The lowest BCUT2D eigenvalue weighted by Crippen LogP contribution is -2.21. The quantitative estimate of drug-likeness (QED) is 0.768. The van der Waals surface area contributed by atoms with E-state index in [2.05, 4.69) is 0 Å². The molecule has 0 amide bonds. The number of nitriles is 2. The summed E-state index contributed by atoms with van der Waals surface area (Å²) in [4.78, 5) is 23.2. The van der Waals surface area contributed by atoms with E-state index in [1.807, 2.05) is 12.1 Å². The van der Waals surface area contributed by atoms with Crippen molar-refractivity contribution in [1.29, 1.82) is 10.5 Å². The third kappa shape index (κ3) is 4.68. The van der Waals surface area contributed by atoms with Gasteiger partial charge in [-0.05, 0) is 35.4 Å². The van der Waals surface area contributed by atoms with Crippen LogP contribution >= 0.6 is 0 Å². The summed E-state index contributed by atoms with van der Waals surface area (Å²) in [6.45, 7) is 2.53. The summed E-state index contributed by atoms with van der Waals surface area (Å²) in [5.74, 6) is -1.07. The molecule has 130 valence electrons. The normalized spacial score (nSPS) is 12.2. The number of hydrogen-bond donors (Lipinski definition) is 0. The number of ether oxygens (including phenoxy) is 2. The van der Waals surface area contributed by atoms with Gasteiger partial charge in [0.25, 0.3) is 0 Å². The Labute approximate surface area is 151 Å². The minimum absolute atomic E-state index is 0.456. The minimum Gasteiger partial charge on any atom is -0.453 e. The smallest absolute Gasteiger partial charge is 0.303 e. The molecule has 0 fully saturated rings. The predicted molar refractivity (Wildman–Crippen MR) is 91.3 cm³/mol. The van der Waals surface area contributed by atoms with Gasteiger partial charge in [0.15, 0.2) is 12.2 Å². The van der Waals surface area contributed by atoms with Crippen molar-refractivity contribution in [2.75, 3.05) is 0 Å². The van der Waals surface area contributed by atoms with Gasteiger partial charge in [-0.2, -0.15) is 10.5 Å². The van der Waals surface area contributed by atoms with Crippen LogP contribution in [-0.4, -0.2) is 11.9 Å². The van der Waals surface area contributed by atoms with E-state index in [0.29, 0.717) is 22.3 Å². The molecule has 6 heteroatoms. The largest absolute Gasteiger partial charge is 0.453 e. The van der Waals surface area contributed by atoms with Crippen molar-refractivity contribution in [1.82, 2.24) is 0 Å². The lowest BCUT2D eigenvalue weighted by molar-refractivity contribution is -0.166. The zero-order valence-corrected chi connectivity index (χ0v) is 14.3. The summed E-state index contributed by atoms with van der Waals surface area (Å²) in [7, 11) is 0. The highest BCUT2D eigenvalue weighted by atomic mass is 16.6. The van der Waals surface area contributed by atoms with Crippen molar-refractivity contribution in [3.63, 3.8) is 0 Å². The van der Waals surface area contributed by atoms with Gasteiger partial charge in [-0.1, -0.05) is 24.3 Å². The molecule has 0 aromatic heterocycles. The van der Waals surface area contributed by atoms with Crippen LogP contribution in [0.2, 0.25) is 0 Å².